The summed E-state index contributed by atoms with van der Waals surface area (Å²) in [6.07, 6.45) is -0.142. The molecule has 0 bridgehead atoms. The topological polar surface area (TPSA) is 71.1 Å². The van der Waals surface area contributed by atoms with Gasteiger partial charge in [0.2, 0.25) is 9.04 Å². The molecule has 2 unspecified atom stereocenters. The third-order valence-corrected chi connectivity index (χ3v) is 7.71. The molecular weight excluding hydrogens is 284 g/mol. The van der Waals surface area contributed by atoms with Gasteiger partial charge in [-0.2, -0.15) is 0 Å². The maximum absolute atomic E-state index is 10.9. The minimum atomic E-state index is -1.73. The molecule has 6 nitrogen and oxygen atoms in total. The first-order valence-corrected chi connectivity index (χ1v) is 11.8. The van der Waals surface area contributed by atoms with E-state index in [9.17, 15) is 9.59 Å². The average Bonchev–Trinajstić information content (AvgIpc) is 2.71. The van der Waals surface area contributed by atoms with E-state index < -0.39 is 23.5 Å². The third kappa shape index (κ3) is 7.45. The lowest BCUT2D eigenvalue weighted by Crippen LogP contribution is -2.36. The molecule has 0 aromatic carbocycles. The zero-order valence-electron chi connectivity index (χ0n) is 11.7. The Labute approximate surface area is 116 Å². The maximum atomic E-state index is 10.9. The van der Waals surface area contributed by atoms with Crippen molar-refractivity contribution >= 4 is 29.4 Å². The number of carbonyl (C=O) groups excluding carboxylic acids is 2. The normalized spacial score (nSPS) is 20.8. The standard InChI is InChI=1S/C11H22O6Si2/c1-19(2,3)17-18(9-12)6-4-5-14-7-10-8-15-11(13)16-10/h9-10,18H,4-8H2,1-3H3. The van der Waals surface area contributed by atoms with Crippen molar-refractivity contribution < 1.29 is 27.9 Å². The van der Waals surface area contributed by atoms with Crippen molar-refractivity contribution in [2.75, 3.05) is 19.8 Å². The fourth-order valence-electron chi connectivity index (χ4n) is 1.66. The summed E-state index contributed by atoms with van der Waals surface area (Å²) in [6.45, 7) is 7.39. The van der Waals surface area contributed by atoms with E-state index in [1.54, 1.807) is 0 Å². The quantitative estimate of drug-likeness (QED) is 0.276. The molecule has 0 aromatic heterocycles. The van der Waals surface area contributed by atoms with E-state index in [0.29, 0.717) is 13.2 Å². The van der Waals surface area contributed by atoms with Gasteiger partial charge in [0.05, 0.1) is 6.61 Å². The van der Waals surface area contributed by atoms with Crippen molar-refractivity contribution in [1.29, 1.82) is 0 Å². The van der Waals surface area contributed by atoms with Gasteiger partial charge in [-0.25, -0.2) is 4.79 Å². The van der Waals surface area contributed by atoms with Crippen LogP contribution in [0.1, 0.15) is 6.42 Å². The molecule has 1 saturated heterocycles. The van der Waals surface area contributed by atoms with Crippen molar-refractivity contribution in [3.63, 3.8) is 0 Å². The molecule has 1 heterocycles. The lowest BCUT2D eigenvalue weighted by atomic mass is 10.4. The van der Waals surface area contributed by atoms with E-state index in [0.717, 1.165) is 18.4 Å². The molecule has 0 N–H and O–H groups in total. The molecule has 8 heteroatoms. The van der Waals surface area contributed by atoms with Crippen LogP contribution in [0.3, 0.4) is 0 Å². The summed E-state index contributed by atoms with van der Waals surface area (Å²) in [5, 5.41) is 0. The van der Waals surface area contributed by atoms with Crippen LogP contribution < -0.4 is 0 Å². The molecule has 0 aromatic rings. The van der Waals surface area contributed by atoms with Crippen LogP contribution in [0.2, 0.25) is 25.7 Å². The monoisotopic (exact) mass is 306 g/mol. The Kier molecular flexibility index (Phi) is 6.69. The highest BCUT2D eigenvalue weighted by molar-refractivity contribution is 6.88. The molecule has 1 aliphatic rings. The van der Waals surface area contributed by atoms with Crippen LogP contribution in [0, 0.1) is 0 Å². The van der Waals surface area contributed by atoms with Crippen LogP contribution in [-0.2, 0) is 23.1 Å². The van der Waals surface area contributed by atoms with Crippen molar-refractivity contribution in [1.82, 2.24) is 0 Å². The zero-order chi connectivity index (χ0) is 14.3. The van der Waals surface area contributed by atoms with Gasteiger partial charge in [-0.1, -0.05) is 0 Å². The second-order valence-electron chi connectivity index (χ2n) is 5.42. The Bertz CT molecular complexity index is 304. The average molecular weight is 306 g/mol. The molecule has 0 amide bonds. The molecule has 1 rings (SSSR count). The van der Waals surface area contributed by atoms with Gasteiger partial charge in [-0.3, -0.25) is 0 Å². The SMILES string of the molecule is C[Si](C)(C)O[SiH](C=O)CCCOCC1COC(=O)O1. The van der Waals surface area contributed by atoms with E-state index in [2.05, 4.69) is 24.4 Å². The number of hydrogen-bond acceptors (Lipinski definition) is 6. The summed E-state index contributed by atoms with van der Waals surface area (Å²) in [6, 6.07) is 0.786. The number of carbonyl (C=O) groups is 2. The highest BCUT2D eigenvalue weighted by atomic mass is 28.4. The lowest BCUT2D eigenvalue weighted by molar-refractivity contribution is 0.0461. The second-order valence-corrected chi connectivity index (χ2v) is 12.5. The van der Waals surface area contributed by atoms with Crippen molar-refractivity contribution in [2.45, 2.75) is 38.2 Å². The van der Waals surface area contributed by atoms with Gasteiger partial charge in [0.1, 0.15) is 12.5 Å². The fraction of sp³-hybridized carbons (Fsp3) is 0.818. The van der Waals surface area contributed by atoms with Crippen LogP contribution in [0.5, 0.6) is 0 Å². The first-order valence-electron chi connectivity index (χ1n) is 6.45. The summed E-state index contributed by atoms with van der Waals surface area (Å²) in [4.78, 5) is 21.6. The molecule has 19 heavy (non-hydrogen) atoms. The molecule has 0 saturated carbocycles. The largest absolute Gasteiger partial charge is 0.508 e. The summed E-state index contributed by atoms with van der Waals surface area (Å²) >= 11 is 0. The summed E-state index contributed by atoms with van der Waals surface area (Å²) in [5.41, 5.74) is 0. The molecule has 2 atom stereocenters. The van der Waals surface area contributed by atoms with E-state index >= 15 is 0 Å². The van der Waals surface area contributed by atoms with Gasteiger partial charge in [-0.05, 0) is 32.1 Å². The first kappa shape index (κ1) is 16.3. The minimum Gasteiger partial charge on any atom is -0.453 e. The number of cyclic esters (lactones) is 2. The molecule has 0 radical (unpaired) electrons. The molecule has 0 spiro atoms. The van der Waals surface area contributed by atoms with Crippen LogP contribution in [0.15, 0.2) is 0 Å². The van der Waals surface area contributed by atoms with Crippen LogP contribution >= 0.6 is 0 Å². The van der Waals surface area contributed by atoms with Gasteiger partial charge in [-0.15, -0.1) is 0 Å². The predicted molar refractivity (Wildman–Crippen MR) is 74.8 cm³/mol. The van der Waals surface area contributed by atoms with Crippen LogP contribution in [0.4, 0.5) is 4.79 Å². The highest BCUT2D eigenvalue weighted by Crippen LogP contribution is 2.09. The summed E-state index contributed by atoms with van der Waals surface area (Å²) < 4.78 is 20.7. The smallest absolute Gasteiger partial charge is 0.453 e. The Morgan fingerprint density at radius 2 is 2.21 bits per heavy atom. The fourth-order valence-corrected chi connectivity index (χ4v) is 6.69. The Morgan fingerprint density at radius 1 is 1.47 bits per heavy atom. The highest BCUT2D eigenvalue weighted by Gasteiger charge is 2.25. The molecule has 110 valence electrons. The van der Waals surface area contributed by atoms with E-state index in [-0.39, 0.29) is 12.7 Å². The summed E-state index contributed by atoms with van der Waals surface area (Å²) in [5.74, 6) is 0.991. The van der Waals surface area contributed by atoms with Gasteiger partial charge in [0.15, 0.2) is 14.4 Å². The lowest BCUT2D eigenvalue weighted by Gasteiger charge is -2.21. The van der Waals surface area contributed by atoms with Gasteiger partial charge >= 0.3 is 6.16 Å². The Morgan fingerprint density at radius 3 is 2.74 bits per heavy atom. The van der Waals surface area contributed by atoms with Crippen molar-refractivity contribution in [2.24, 2.45) is 0 Å². The summed E-state index contributed by atoms with van der Waals surface area (Å²) in [7, 11) is -3.35. The molecule has 0 aliphatic carbocycles. The number of hydrogen-bond donors (Lipinski definition) is 0. The van der Waals surface area contributed by atoms with Crippen molar-refractivity contribution in [3.8, 4) is 0 Å². The second kappa shape index (κ2) is 7.78. The number of ether oxygens (including phenoxy) is 3. The van der Waals surface area contributed by atoms with E-state index in [4.69, 9.17) is 13.6 Å². The van der Waals surface area contributed by atoms with Gasteiger partial charge < -0.3 is 23.1 Å². The predicted octanol–water partition coefficient (Wildman–Crippen LogP) is 1.28. The van der Waals surface area contributed by atoms with Gasteiger partial charge in [0, 0.05) is 6.61 Å². The van der Waals surface area contributed by atoms with Crippen molar-refractivity contribution in [3.05, 3.63) is 0 Å². The molecular formula is C11H22O6Si2. The third-order valence-electron chi connectivity index (χ3n) is 2.39. The van der Waals surface area contributed by atoms with Crippen LogP contribution in [0.25, 0.3) is 0 Å². The molecule has 1 aliphatic heterocycles. The molecule has 1 fully saturated rings. The number of rotatable bonds is 9. The zero-order valence-corrected chi connectivity index (χ0v) is 13.9. The van der Waals surface area contributed by atoms with E-state index in [1.165, 1.54) is 0 Å². The Hall–Kier alpha value is -0.706. The van der Waals surface area contributed by atoms with Gasteiger partial charge in [0.25, 0.3) is 0 Å². The first-order chi connectivity index (χ1) is 8.90. The minimum absolute atomic E-state index is 0.253. The van der Waals surface area contributed by atoms with Crippen LogP contribution in [-0.4, -0.2) is 55.3 Å². The Balaban J connectivity index is 2.06. The maximum Gasteiger partial charge on any atom is 0.508 e. The van der Waals surface area contributed by atoms with E-state index in [1.807, 2.05) is 0 Å².